The van der Waals surface area contributed by atoms with Crippen LogP contribution in [0.25, 0.3) is 5.57 Å². The average molecular weight is 484 g/mol. The quantitative estimate of drug-likeness (QED) is 0.344. The van der Waals surface area contributed by atoms with Gasteiger partial charge in [0.1, 0.15) is 5.60 Å². The molecule has 0 aliphatic carbocycles. The molecule has 2 atom stereocenters. The summed E-state index contributed by atoms with van der Waals surface area (Å²) in [5.74, 6) is 0. The monoisotopic (exact) mass is 483 g/mol. The maximum atomic E-state index is 13.5. The van der Waals surface area contributed by atoms with Crippen LogP contribution in [0.3, 0.4) is 0 Å². The Balaban J connectivity index is 1.77. The third-order valence-corrected chi connectivity index (χ3v) is 6.62. The van der Waals surface area contributed by atoms with E-state index in [0.29, 0.717) is 19.6 Å². The number of piperidine rings is 1. The van der Waals surface area contributed by atoms with Crippen LogP contribution in [0.2, 0.25) is 0 Å². The van der Waals surface area contributed by atoms with Crippen molar-refractivity contribution in [3.05, 3.63) is 114 Å². The Hall–Kier alpha value is -3.37. The number of rotatable bonds is 7. The van der Waals surface area contributed by atoms with Gasteiger partial charge in [-0.15, -0.1) is 0 Å². The molecule has 188 valence electrons. The molecule has 0 saturated carbocycles. The van der Waals surface area contributed by atoms with Crippen molar-refractivity contribution in [3.8, 4) is 0 Å². The molecular formula is C32H37NO3. The number of hydrogen-bond acceptors (Lipinski definition) is 3. The Kier molecular flexibility index (Phi) is 7.95. The Morgan fingerprint density at radius 1 is 0.944 bits per heavy atom. The van der Waals surface area contributed by atoms with Gasteiger partial charge in [-0.2, -0.15) is 0 Å². The highest BCUT2D eigenvalue weighted by atomic mass is 16.6. The van der Waals surface area contributed by atoms with Crippen LogP contribution in [0.1, 0.15) is 62.8 Å². The standard InChI is InChI=1S/C32H37NO3/c1-25(27-17-10-6-11-18-27)23-32(35-24-26-15-8-5-9-16-26)21-14-22-33(30(34)36-31(2,3)4)29(32)28-19-12-7-13-20-28/h5-13,15-20,29H,1,14,21-24H2,2-4H3/t29-,32+/m1/s1. The van der Waals surface area contributed by atoms with Gasteiger partial charge in [0.15, 0.2) is 0 Å². The van der Waals surface area contributed by atoms with Crippen molar-refractivity contribution in [2.24, 2.45) is 0 Å². The largest absolute Gasteiger partial charge is 0.444 e. The molecule has 1 aliphatic rings. The van der Waals surface area contributed by atoms with Crippen molar-refractivity contribution < 1.29 is 14.3 Å². The molecule has 36 heavy (non-hydrogen) atoms. The van der Waals surface area contributed by atoms with Crippen molar-refractivity contribution >= 4 is 11.7 Å². The number of carbonyl (C=O) groups excluding carboxylic acids is 1. The second-order valence-corrected chi connectivity index (χ2v) is 10.6. The molecule has 0 unspecified atom stereocenters. The van der Waals surface area contributed by atoms with Crippen LogP contribution in [0.4, 0.5) is 4.79 Å². The first kappa shape index (κ1) is 25.7. The number of ether oxygens (including phenoxy) is 2. The van der Waals surface area contributed by atoms with Crippen LogP contribution in [-0.2, 0) is 16.1 Å². The maximum Gasteiger partial charge on any atom is 0.410 e. The molecule has 0 bridgehead atoms. The Morgan fingerprint density at radius 2 is 1.53 bits per heavy atom. The number of carbonyl (C=O) groups is 1. The fourth-order valence-electron chi connectivity index (χ4n) is 5.06. The fraction of sp³-hybridized carbons (Fsp3) is 0.344. The van der Waals surface area contributed by atoms with Crippen LogP contribution < -0.4 is 0 Å². The number of benzene rings is 3. The van der Waals surface area contributed by atoms with Gasteiger partial charge >= 0.3 is 6.09 Å². The predicted molar refractivity (Wildman–Crippen MR) is 145 cm³/mol. The highest BCUT2D eigenvalue weighted by Gasteiger charge is 2.49. The molecule has 0 N–H and O–H groups in total. The van der Waals surface area contributed by atoms with E-state index in [1.54, 1.807) is 0 Å². The lowest BCUT2D eigenvalue weighted by atomic mass is 9.75. The molecule has 1 amide bonds. The van der Waals surface area contributed by atoms with Crippen LogP contribution >= 0.6 is 0 Å². The topological polar surface area (TPSA) is 38.8 Å². The highest BCUT2D eigenvalue weighted by Crippen LogP contribution is 2.47. The second-order valence-electron chi connectivity index (χ2n) is 10.6. The molecule has 1 fully saturated rings. The first-order valence-electron chi connectivity index (χ1n) is 12.7. The highest BCUT2D eigenvalue weighted by molar-refractivity contribution is 5.70. The summed E-state index contributed by atoms with van der Waals surface area (Å²) in [6.07, 6.45) is 1.92. The van der Waals surface area contributed by atoms with Crippen molar-refractivity contribution in [1.82, 2.24) is 4.90 Å². The van der Waals surface area contributed by atoms with Gasteiger partial charge in [0.25, 0.3) is 0 Å². The van der Waals surface area contributed by atoms with Gasteiger partial charge < -0.3 is 9.47 Å². The molecule has 0 aromatic heterocycles. The number of nitrogens with zero attached hydrogens (tertiary/aromatic N) is 1. The summed E-state index contributed by atoms with van der Waals surface area (Å²) in [5, 5.41) is 0. The summed E-state index contributed by atoms with van der Waals surface area (Å²) in [5.41, 5.74) is 2.97. The van der Waals surface area contributed by atoms with E-state index in [1.807, 2.05) is 80.3 Å². The summed E-state index contributed by atoms with van der Waals surface area (Å²) in [6, 6.07) is 30.3. The summed E-state index contributed by atoms with van der Waals surface area (Å²) < 4.78 is 12.8. The summed E-state index contributed by atoms with van der Waals surface area (Å²) in [4.78, 5) is 15.4. The Bertz CT molecular complexity index is 1140. The number of amides is 1. The molecule has 4 nitrogen and oxygen atoms in total. The van der Waals surface area contributed by atoms with Gasteiger partial charge in [0, 0.05) is 13.0 Å². The molecule has 1 saturated heterocycles. The van der Waals surface area contributed by atoms with Gasteiger partial charge in [-0.3, -0.25) is 4.90 Å². The lowest BCUT2D eigenvalue weighted by Gasteiger charge is -2.50. The minimum absolute atomic E-state index is 0.311. The second kappa shape index (κ2) is 11.1. The third kappa shape index (κ3) is 6.24. The maximum absolute atomic E-state index is 13.5. The Labute approximate surface area is 215 Å². The average Bonchev–Trinajstić information content (AvgIpc) is 2.88. The molecular weight excluding hydrogens is 446 g/mol. The van der Waals surface area contributed by atoms with Crippen molar-refractivity contribution in [2.45, 2.75) is 63.9 Å². The third-order valence-electron chi connectivity index (χ3n) is 6.62. The SMILES string of the molecule is C=C(C[C@@]1(OCc2ccccc2)CCCN(C(=O)OC(C)(C)C)[C@@H]1c1ccccc1)c1ccccc1. The van der Waals surface area contributed by atoms with E-state index in [2.05, 4.69) is 43.0 Å². The normalized spacial score (nSPS) is 20.1. The molecule has 4 heteroatoms. The van der Waals surface area contributed by atoms with Crippen LogP contribution in [0.15, 0.2) is 97.6 Å². The van der Waals surface area contributed by atoms with Crippen LogP contribution in [-0.4, -0.2) is 28.7 Å². The van der Waals surface area contributed by atoms with E-state index in [4.69, 9.17) is 9.47 Å². The molecule has 4 rings (SSSR count). The first-order valence-corrected chi connectivity index (χ1v) is 12.7. The van der Waals surface area contributed by atoms with E-state index in [-0.39, 0.29) is 12.1 Å². The smallest absolute Gasteiger partial charge is 0.410 e. The zero-order chi connectivity index (χ0) is 25.6. The van der Waals surface area contributed by atoms with Gasteiger partial charge in [0.2, 0.25) is 0 Å². The summed E-state index contributed by atoms with van der Waals surface area (Å²) in [6.45, 7) is 11.2. The molecule has 0 spiro atoms. The van der Waals surface area contributed by atoms with Gasteiger partial charge in [-0.1, -0.05) is 97.6 Å². The lowest BCUT2D eigenvalue weighted by molar-refractivity contribution is -0.133. The van der Waals surface area contributed by atoms with Gasteiger partial charge in [-0.25, -0.2) is 4.79 Å². The Morgan fingerprint density at radius 3 is 2.14 bits per heavy atom. The summed E-state index contributed by atoms with van der Waals surface area (Å²) in [7, 11) is 0. The van der Waals surface area contributed by atoms with E-state index in [0.717, 1.165) is 35.1 Å². The first-order chi connectivity index (χ1) is 17.3. The molecule has 1 heterocycles. The minimum Gasteiger partial charge on any atom is -0.444 e. The lowest BCUT2D eigenvalue weighted by Crippen LogP contribution is -2.55. The molecule has 3 aromatic rings. The predicted octanol–water partition coefficient (Wildman–Crippen LogP) is 7.82. The van der Waals surface area contributed by atoms with E-state index in [9.17, 15) is 4.79 Å². The van der Waals surface area contributed by atoms with E-state index < -0.39 is 11.2 Å². The van der Waals surface area contributed by atoms with Crippen LogP contribution in [0, 0.1) is 0 Å². The van der Waals surface area contributed by atoms with Crippen molar-refractivity contribution in [1.29, 1.82) is 0 Å². The zero-order valence-corrected chi connectivity index (χ0v) is 21.7. The molecule has 1 aliphatic heterocycles. The molecule has 0 radical (unpaired) electrons. The summed E-state index contributed by atoms with van der Waals surface area (Å²) >= 11 is 0. The van der Waals surface area contributed by atoms with Crippen molar-refractivity contribution in [2.75, 3.05) is 6.54 Å². The number of hydrogen-bond donors (Lipinski definition) is 0. The van der Waals surface area contributed by atoms with E-state index in [1.165, 1.54) is 0 Å². The van der Waals surface area contributed by atoms with Crippen LogP contribution in [0.5, 0.6) is 0 Å². The van der Waals surface area contributed by atoms with E-state index >= 15 is 0 Å². The van der Waals surface area contributed by atoms with Gasteiger partial charge in [-0.05, 0) is 55.9 Å². The zero-order valence-electron chi connectivity index (χ0n) is 21.7. The minimum atomic E-state index is -0.667. The number of likely N-dealkylation sites (tertiary alicyclic amines) is 1. The molecule has 3 aromatic carbocycles. The fourth-order valence-corrected chi connectivity index (χ4v) is 5.06. The van der Waals surface area contributed by atoms with Crippen molar-refractivity contribution in [3.63, 3.8) is 0 Å². The van der Waals surface area contributed by atoms with Gasteiger partial charge in [0.05, 0.1) is 18.2 Å².